The number of imide groups is 1. The summed E-state index contributed by atoms with van der Waals surface area (Å²) in [6.45, 7) is -0.0842. The van der Waals surface area contributed by atoms with E-state index >= 15 is 0 Å². The molecule has 0 saturated carbocycles. The minimum Gasteiger partial charge on any atom is -0.457 e. The Morgan fingerprint density at radius 1 is 1.32 bits per heavy atom. The zero-order valence-corrected chi connectivity index (χ0v) is 13.5. The lowest BCUT2D eigenvalue weighted by atomic mass is 10.1. The van der Waals surface area contributed by atoms with Gasteiger partial charge in [-0.05, 0) is 23.9 Å². The number of nitrogens with zero attached hydrogens (tertiary/aromatic N) is 2. The Kier molecular flexibility index (Phi) is 4.41. The fraction of sp³-hybridized carbons (Fsp3) is 0.0588. The van der Waals surface area contributed by atoms with Gasteiger partial charge in [0.1, 0.15) is 11.5 Å². The van der Waals surface area contributed by atoms with Crippen LogP contribution in [0.4, 0.5) is 10.5 Å². The van der Waals surface area contributed by atoms with Gasteiger partial charge in [-0.15, -0.1) is 6.42 Å². The third kappa shape index (κ3) is 3.32. The fourth-order valence-electron chi connectivity index (χ4n) is 2.22. The van der Waals surface area contributed by atoms with Crippen LogP contribution >= 0.6 is 11.8 Å². The number of benzene rings is 1. The number of furan rings is 1. The molecule has 25 heavy (non-hydrogen) atoms. The minimum absolute atomic E-state index is 0.0501. The molecule has 1 fully saturated rings. The highest BCUT2D eigenvalue weighted by molar-refractivity contribution is 8.18. The van der Waals surface area contributed by atoms with Crippen LogP contribution < -0.4 is 0 Å². The number of nitro groups is 1. The topological polar surface area (TPSA) is 93.7 Å². The summed E-state index contributed by atoms with van der Waals surface area (Å²) >= 11 is 0.782. The van der Waals surface area contributed by atoms with Gasteiger partial charge in [0.25, 0.3) is 16.8 Å². The quantitative estimate of drug-likeness (QED) is 0.361. The molecule has 2 heterocycles. The maximum atomic E-state index is 12.1. The van der Waals surface area contributed by atoms with Gasteiger partial charge in [-0.3, -0.25) is 24.6 Å². The van der Waals surface area contributed by atoms with Gasteiger partial charge in [0.05, 0.1) is 16.4 Å². The van der Waals surface area contributed by atoms with Crippen molar-refractivity contribution in [1.29, 1.82) is 0 Å². The van der Waals surface area contributed by atoms with E-state index in [-0.39, 0.29) is 17.1 Å². The number of rotatable bonds is 4. The summed E-state index contributed by atoms with van der Waals surface area (Å²) < 4.78 is 5.61. The van der Waals surface area contributed by atoms with Crippen molar-refractivity contribution in [1.82, 2.24) is 4.90 Å². The van der Waals surface area contributed by atoms with Crippen molar-refractivity contribution in [2.75, 3.05) is 6.54 Å². The number of nitro benzene ring substituents is 1. The molecule has 1 aromatic heterocycles. The molecule has 0 N–H and O–H groups in total. The number of hydrogen-bond acceptors (Lipinski definition) is 6. The Morgan fingerprint density at radius 3 is 2.84 bits per heavy atom. The molecular weight excluding hydrogens is 344 g/mol. The molecule has 2 amide bonds. The molecule has 1 aliphatic heterocycles. The van der Waals surface area contributed by atoms with Crippen LogP contribution in [0.25, 0.3) is 17.4 Å². The molecule has 0 bridgehead atoms. The summed E-state index contributed by atoms with van der Waals surface area (Å²) in [4.78, 5) is 35.4. The van der Waals surface area contributed by atoms with Crippen molar-refractivity contribution < 1.29 is 18.9 Å². The summed E-state index contributed by atoms with van der Waals surface area (Å²) in [6, 6.07) is 9.26. The van der Waals surface area contributed by atoms with Gasteiger partial charge in [0.2, 0.25) is 0 Å². The highest BCUT2D eigenvalue weighted by Crippen LogP contribution is 2.33. The number of carbonyl (C=O) groups excluding carboxylic acids is 2. The second kappa shape index (κ2) is 6.67. The lowest BCUT2D eigenvalue weighted by Crippen LogP contribution is -2.28. The van der Waals surface area contributed by atoms with E-state index in [1.807, 2.05) is 0 Å². The van der Waals surface area contributed by atoms with Crippen LogP contribution in [0.5, 0.6) is 0 Å². The summed E-state index contributed by atoms with van der Waals surface area (Å²) in [6.07, 6.45) is 6.59. The summed E-state index contributed by atoms with van der Waals surface area (Å²) in [5, 5.41) is 10.4. The van der Waals surface area contributed by atoms with E-state index in [9.17, 15) is 19.7 Å². The van der Waals surface area contributed by atoms with Crippen LogP contribution in [0.3, 0.4) is 0 Å². The average Bonchev–Trinajstić information content (AvgIpc) is 3.16. The Morgan fingerprint density at radius 2 is 2.12 bits per heavy atom. The molecule has 0 unspecified atom stereocenters. The van der Waals surface area contributed by atoms with E-state index in [1.165, 1.54) is 18.2 Å². The molecule has 0 spiro atoms. The van der Waals surface area contributed by atoms with Crippen LogP contribution in [0.15, 0.2) is 45.7 Å². The first-order valence-corrected chi connectivity index (χ1v) is 7.85. The molecule has 0 radical (unpaired) electrons. The lowest BCUT2D eigenvalue weighted by Gasteiger charge is -2.06. The van der Waals surface area contributed by atoms with E-state index < -0.39 is 16.1 Å². The first kappa shape index (κ1) is 16.5. The van der Waals surface area contributed by atoms with E-state index in [0.717, 1.165) is 16.7 Å². The summed E-state index contributed by atoms with van der Waals surface area (Å²) in [7, 11) is 0. The number of terminal acetylenes is 1. The number of hydrogen-bond donors (Lipinski definition) is 0. The van der Waals surface area contributed by atoms with E-state index in [1.54, 1.807) is 24.3 Å². The molecule has 0 atom stereocenters. The Labute approximate surface area is 146 Å². The van der Waals surface area contributed by atoms with Crippen molar-refractivity contribution >= 4 is 34.7 Å². The van der Waals surface area contributed by atoms with Crippen LogP contribution in [0, 0.1) is 22.5 Å². The monoisotopic (exact) mass is 354 g/mol. The standard InChI is InChI=1S/C17H10N2O5S/c1-2-8-18-16(20)15(25-17(18)21)10-13-6-7-14(24-13)11-4-3-5-12(9-11)19(22)23/h1,3-7,9-10H,8H2/b15-10+. The molecule has 124 valence electrons. The number of non-ortho nitro benzene ring substituents is 1. The fourth-order valence-corrected chi connectivity index (χ4v) is 3.03. The van der Waals surface area contributed by atoms with Crippen LogP contribution in [0.1, 0.15) is 5.76 Å². The highest BCUT2D eigenvalue weighted by atomic mass is 32.2. The highest BCUT2D eigenvalue weighted by Gasteiger charge is 2.34. The molecule has 2 aromatic rings. The molecule has 3 rings (SSSR count). The predicted molar refractivity (Wildman–Crippen MR) is 92.3 cm³/mol. The van der Waals surface area contributed by atoms with Crippen molar-refractivity contribution in [3.8, 4) is 23.7 Å². The maximum absolute atomic E-state index is 12.1. The second-order valence-corrected chi connectivity index (χ2v) is 5.97. The van der Waals surface area contributed by atoms with Gasteiger partial charge in [-0.1, -0.05) is 18.1 Å². The van der Waals surface area contributed by atoms with Gasteiger partial charge in [-0.2, -0.15) is 0 Å². The molecule has 0 aliphatic carbocycles. The SMILES string of the molecule is C#CCN1C(=O)S/C(=C/c2ccc(-c3cccc([N+](=O)[O-])c3)o2)C1=O. The van der Waals surface area contributed by atoms with Crippen molar-refractivity contribution in [3.05, 3.63) is 57.2 Å². The van der Waals surface area contributed by atoms with Gasteiger partial charge in [0, 0.05) is 23.8 Å². The van der Waals surface area contributed by atoms with Gasteiger partial charge >= 0.3 is 0 Å². The zero-order chi connectivity index (χ0) is 18.0. The molecule has 8 heteroatoms. The van der Waals surface area contributed by atoms with Gasteiger partial charge in [-0.25, -0.2) is 0 Å². The Hall–Kier alpha value is -3.31. The third-order valence-corrected chi connectivity index (χ3v) is 4.27. The minimum atomic E-state index is -0.491. The Bertz CT molecular complexity index is 954. The van der Waals surface area contributed by atoms with E-state index in [2.05, 4.69) is 5.92 Å². The average molecular weight is 354 g/mol. The van der Waals surface area contributed by atoms with E-state index in [0.29, 0.717) is 17.1 Å². The number of thioether (sulfide) groups is 1. The van der Waals surface area contributed by atoms with Crippen LogP contribution in [-0.4, -0.2) is 27.5 Å². The molecule has 1 saturated heterocycles. The largest absolute Gasteiger partial charge is 0.457 e. The van der Waals surface area contributed by atoms with Crippen molar-refractivity contribution in [3.63, 3.8) is 0 Å². The van der Waals surface area contributed by atoms with Crippen LogP contribution in [-0.2, 0) is 4.79 Å². The van der Waals surface area contributed by atoms with Crippen molar-refractivity contribution in [2.45, 2.75) is 0 Å². The van der Waals surface area contributed by atoms with Crippen LogP contribution in [0.2, 0.25) is 0 Å². The number of amides is 2. The Balaban J connectivity index is 1.87. The van der Waals surface area contributed by atoms with Gasteiger partial charge < -0.3 is 4.42 Å². The molecule has 7 nitrogen and oxygen atoms in total. The molecular formula is C17H10N2O5S. The summed E-state index contributed by atoms with van der Waals surface area (Å²) in [5.74, 6) is 2.56. The second-order valence-electron chi connectivity index (χ2n) is 4.98. The number of carbonyl (C=O) groups is 2. The first-order chi connectivity index (χ1) is 12.0. The first-order valence-electron chi connectivity index (χ1n) is 7.03. The lowest BCUT2D eigenvalue weighted by molar-refractivity contribution is -0.384. The zero-order valence-electron chi connectivity index (χ0n) is 12.7. The molecule has 1 aromatic carbocycles. The van der Waals surface area contributed by atoms with Crippen molar-refractivity contribution in [2.24, 2.45) is 0 Å². The third-order valence-electron chi connectivity index (χ3n) is 3.36. The van der Waals surface area contributed by atoms with E-state index in [4.69, 9.17) is 10.8 Å². The molecule has 1 aliphatic rings. The van der Waals surface area contributed by atoms with Gasteiger partial charge in [0.15, 0.2) is 0 Å². The smallest absolute Gasteiger partial charge is 0.294 e. The predicted octanol–water partition coefficient (Wildman–Crippen LogP) is 3.52. The normalized spacial score (nSPS) is 15.6. The maximum Gasteiger partial charge on any atom is 0.294 e. The summed E-state index contributed by atoms with van der Waals surface area (Å²) in [5.41, 5.74) is 0.486.